The number of hydrogen-bond donors (Lipinski definition) is 0. The summed E-state index contributed by atoms with van der Waals surface area (Å²) in [6.45, 7) is 3.22. The van der Waals surface area contributed by atoms with Crippen LogP contribution in [0.3, 0.4) is 0 Å². The molecule has 7 heteroatoms. The Kier molecular flexibility index (Phi) is 3.60. The highest BCUT2D eigenvalue weighted by Gasteiger charge is 2.36. The second-order valence-corrected chi connectivity index (χ2v) is 7.22. The molecule has 0 amide bonds. The summed E-state index contributed by atoms with van der Waals surface area (Å²) in [5.41, 5.74) is 0.689. The number of amidine groups is 1. The molecule has 2 aliphatic rings. The van der Waals surface area contributed by atoms with E-state index in [1.54, 1.807) is 12.1 Å². The van der Waals surface area contributed by atoms with Gasteiger partial charge < -0.3 is 9.64 Å². The molecule has 1 fully saturated rings. The van der Waals surface area contributed by atoms with Crippen LogP contribution in [0.15, 0.2) is 33.6 Å². The minimum atomic E-state index is -3.56. The molecule has 0 aliphatic carbocycles. The molecule has 1 aromatic rings. The van der Waals surface area contributed by atoms with Crippen molar-refractivity contribution in [3.63, 3.8) is 0 Å². The maximum Gasteiger partial charge on any atom is 0.285 e. The van der Waals surface area contributed by atoms with E-state index < -0.39 is 10.0 Å². The zero-order valence-electron chi connectivity index (χ0n) is 11.0. The van der Waals surface area contributed by atoms with Crippen LogP contribution in [0.5, 0.6) is 0 Å². The topological polar surface area (TPSA) is 59.0 Å². The lowest BCUT2D eigenvalue weighted by molar-refractivity contribution is -0.0189. The predicted octanol–water partition coefficient (Wildman–Crippen LogP) is 1.62. The lowest BCUT2D eigenvalue weighted by atomic mass is 10.1. The van der Waals surface area contributed by atoms with Gasteiger partial charge in [-0.2, -0.15) is 8.42 Å². The predicted molar refractivity (Wildman–Crippen MR) is 79.9 cm³/mol. The van der Waals surface area contributed by atoms with Crippen LogP contribution in [0.2, 0.25) is 0 Å². The molecule has 2 aliphatic heterocycles. The van der Waals surface area contributed by atoms with Crippen molar-refractivity contribution in [1.82, 2.24) is 4.90 Å². The number of benzene rings is 1. The van der Waals surface area contributed by atoms with Crippen LogP contribution in [0.4, 0.5) is 0 Å². The molecule has 2 atom stereocenters. The van der Waals surface area contributed by atoms with Crippen LogP contribution in [-0.2, 0) is 14.8 Å². The number of hydrogen-bond acceptors (Lipinski definition) is 4. The molecule has 0 bridgehead atoms. The Labute approximate surface area is 126 Å². The van der Waals surface area contributed by atoms with Crippen LogP contribution in [0.1, 0.15) is 12.5 Å². The lowest BCUT2D eigenvalue weighted by Crippen LogP contribution is -2.51. The fraction of sp³-hybridized carbons (Fsp3) is 0.462. The molecule has 0 radical (unpaired) electrons. The van der Waals surface area contributed by atoms with Crippen molar-refractivity contribution >= 4 is 31.8 Å². The van der Waals surface area contributed by atoms with E-state index in [0.717, 1.165) is 5.33 Å². The van der Waals surface area contributed by atoms with Gasteiger partial charge in [-0.15, -0.1) is 4.40 Å². The largest absolute Gasteiger partial charge is 0.373 e. The van der Waals surface area contributed by atoms with Crippen molar-refractivity contribution < 1.29 is 13.2 Å². The summed E-state index contributed by atoms with van der Waals surface area (Å²) in [4.78, 5) is 2.32. The van der Waals surface area contributed by atoms with Crippen molar-refractivity contribution in [2.75, 3.05) is 18.5 Å². The van der Waals surface area contributed by atoms with Crippen LogP contribution < -0.4 is 0 Å². The smallest absolute Gasteiger partial charge is 0.285 e. The second-order valence-electron chi connectivity index (χ2n) is 5.00. The molecule has 20 heavy (non-hydrogen) atoms. The molecular formula is C13H15BrN2O3S. The van der Waals surface area contributed by atoms with E-state index in [1.165, 1.54) is 0 Å². The monoisotopic (exact) mass is 358 g/mol. The number of sulfonamides is 1. The first-order chi connectivity index (χ1) is 9.53. The van der Waals surface area contributed by atoms with Crippen LogP contribution in [0, 0.1) is 0 Å². The fourth-order valence-electron chi connectivity index (χ4n) is 2.50. The number of rotatable bonds is 1. The van der Waals surface area contributed by atoms with Crippen molar-refractivity contribution in [1.29, 1.82) is 0 Å². The van der Waals surface area contributed by atoms with Gasteiger partial charge in [0.1, 0.15) is 4.90 Å². The molecular weight excluding hydrogens is 344 g/mol. The average molecular weight is 359 g/mol. The Morgan fingerprint density at radius 2 is 2.20 bits per heavy atom. The number of halogens is 1. The summed E-state index contributed by atoms with van der Waals surface area (Å²) in [6, 6.07) is 7.07. The molecule has 1 aromatic carbocycles. The maximum absolute atomic E-state index is 12.1. The van der Waals surface area contributed by atoms with Gasteiger partial charge >= 0.3 is 0 Å². The molecule has 2 unspecified atom stereocenters. The Balaban J connectivity index is 2.02. The molecule has 0 N–H and O–H groups in total. The van der Waals surface area contributed by atoms with Crippen molar-refractivity contribution in [3.05, 3.63) is 29.8 Å². The van der Waals surface area contributed by atoms with Gasteiger partial charge in [0.25, 0.3) is 10.0 Å². The normalized spacial score (nSPS) is 28.1. The average Bonchev–Trinajstić information content (AvgIpc) is 2.72. The first-order valence-corrected chi connectivity index (χ1v) is 8.97. The zero-order chi connectivity index (χ0) is 14.3. The summed E-state index contributed by atoms with van der Waals surface area (Å²) in [7, 11) is -3.56. The van der Waals surface area contributed by atoms with E-state index >= 15 is 0 Å². The third kappa shape index (κ3) is 2.27. The lowest BCUT2D eigenvalue weighted by Gasteiger charge is -2.38. The van der Waals surface area contributed by atoms with E-state index in [0.29, 0.717) is 29.4 Å². The summed E-state index contributed by atoms with van der Waals surface area (Å²) < 4.78 is 33.9. The third-order valence-corrected chi connectivity index (χ3v) is 5.61. The van der Waals surface area contributed by atoms with Crippen LogP contribution in [-0.4, -0.2) is 49.8 Å². The Bertz CT molecular complexity index is 659. The van der Waals surface area contributed by atoms with Crippen molar-refractivity contribution in [2.24, 2.45) is 4.40 Å². The van der Waals surface area contributed by atoms with Crippen molar-refractivity contribution in [2.45, 2.75) is 24.0 Å². The van der Waals surface area contributed by atoms with Crippen LogP contribution >= 0.6 is 15.9 Å². The summed E-state index contributed by atoms with van der Waals surface area (Å²) in [5, 5.41) is 0.720. The number of nitrogens with zero attached hydrogens (tertiary/aromatic N) is 2. The van der Waals surface area contributed by atoms with Gasteiger partial charge in [-0.1, -0.05) is 28.1 Å². The number of alkyl halides is 1. The SMILES string of the molecule is CC1COC(CBr)CN1C1=NS(=O)(=O)c2ccccc21. The third-order valence-electron chi connectivity index (χ3n) is 3.56. The molecule has 108 valence electrons. The van der Waals surface area contributed by atoms with Gasteiger partial charge in [0, 0.05) is 17.4 Å². The number of morpholine rings is 1. The van der Waals surface area contributed by atoms with E-state index in [2.05, 4.69) is 20.3 Å². The fourth-order valence-corrected chi connectivity index (χ4v) is 4.11. The standard InChI is InChI=1S/C13H15BrN2O3S/c1-9-8-19-10(6-14)7-16(9)13-11-4-2-3-5-12(11)20(17,18)15-13/h2-5,9-10H,6-8H2,1H3. The van der Waals surface area contributed by atoms with Gasteiger partial charge in [0.05, 0.1) is 18.8 Å². The number of fused-ring (bicyclic) bond motifs is 1. The van der Waals surface area contributed by atoms with E-state index in [9.17, 15) is 8.42 Å². The Morgan fingerprint density at radius 1 is 1.45 bits per heavy atom. The molecule has 0 saturated carbocycles. The summed E-state index contributed by atoms with van der Waals surface area (Å²) in [6.07, 6.45) is 0.0457. The highest BCUT2D eigenvalue weighted by Crippen LogP contribution is 2.29. The van der Waals surface area contributed by atoms with Gasteiger partial charge in [0.15, 0.2) is 5.84 Å². The minimum absolute atomic E-state index is 0.0457. The highest BCUT2D eigenvalue weighted by atomic mass is 79.9. The van der Waals surface area contributed by atoms with E-state index in [1.807, 2.05) is 24.0 Å². The maximum atomic E-state index is 12.1. The Morgan fingerprint density at radius 3 is 2.95 bits per heavy atom. The van der Waals surface area contributed by atoms with E-state index in [4.69, 9.17) is 4.74 Å². The first kappa shape index (κ1) is 14.0. The number of ether oxygens (including phenoxy) is 1. The van der Waals surface area contributed by atoms with Crippen LogP contribution in [0.25, 0.3) is 0 Å². The molecule has 3 rings (SSSR count). The van der Waals surface area contributed by atoms with Gasteiger partial charge in [-0.05, 0) is 19.1 Å². The van der Waals surface area contributed by atoms with Gasteiger partial charge in [0.2, 0.25) is 0 Å². The van der Waals surface area contributed by atoms with Crippen molar-refractivity contribution in [3.8, 4) is 0 Å². The molecule has 0 aromatic heterocycles. The first-order valence-electron chi connectivity index (χ1n) is 6.41. The molecule has 1 saturated heterocycles. The second kappa shape index (κ2) is 5.13. The summed E-state index contributed by atoms with van der Waals surface area (Å²) >= 11 is 3.41. The molecule has 5 nitrogen and oxygen atoms in total. The van der Waals surface area contributed by atoms with E-state index in [-0.39, 0.29) is 12.1 Å². The quantitative estimate of drug-likeness (QED) is 0.715. The van der Waals surface area contributed by atoms with Gasteiger partial charge in [-0.25, -0.2) is 0 Å². The molecule has 2 heterocycles. The van der Waals surface area contributed by atoms with Gasteiger partial charge in [-0.3, -0.25) is 0 Å². The minimum Gasteiger partial charge on any atom is -0.373 e. The Hall–Kier alpha value is -0.920. The zero-order valence-corrected chi connectivity index (χ0v) is 13.4. The summed E-state index contributed by atoms with van der Waals surface area (Å²) in [5.74, 6) is 0.544. The highest BCUT2D eigenvalue weighted by molar-refractivity contribution is 9.09. The molecule has 0 spiro atoms.